The van der Waals surface area contributed by atoms with Crippen molar-refractivity contribution in [3.8, 4) is 11.5 Å². The highest BCUT2D eigenvalue weighted by Crippen LogP contribution is 2.30. The Hall–Kier alpha value is -1.51. The summed E-state index contributed by atoms with van der Waals surface area (Å²) in [4.78, 5) is 0. The Balaban J connectivity index is 2.18. The van der Waals surface area contributed by atoms with Crippen molar-refractivity contribution in [3.05, 3.63) is 58.6 Å². The molecule has 0 aliphatic carbocycles. The summed E-state index contributed by atoms with van der Waals surface area (Å²) in [5.41, 5.74) is 1.95. The van der Waals surface area contributed by atoms with Gasteiger partial charge in [0.2, 0.25) is 0 Å². The van der Waals surface area contributed by atoms with E-state index >= 15 is 0 Å². The summed E-state index contributed by atoms with van der Waals surface area (Å²) in [7, 11) is 0. The average Bonchev–Trinajstić information content (AvgIpc) is 2.33. The van der Waals surface area contributed by atoms with Crippen molar-refractivity contribution in [3.63, 3.8) is 0 Å². The zero-order chi connectivity index (χ0) is 13.1. The van der Waals surface area contributed by atoms with Crippen LogP contribution >= 0.6 is 11.6 Å². The van der Waals surface area contributed by atoms with E-state index in [0.29, 0.717) is 16.5 Å². The topological polar surface area (TPSA) is 29.5 Å². The fraction of sp³-hybridized carbons (Fsp3) is 0.200. The monoisotopic (exact) mass is 262 g/mol. The summed E-state index contributed by atoms with van der Waals surface area (Å²) >= 11 is 6.10. The van der Waals surface area contributed by atoms with Crippen LogP contribution < -0.4 is 4.74 Å². The zero-order valence-corrected chi connectivity index (χ0v) is 11.1. The molecular formula is C15H15ClO2. The van der Waals surface area contributed by atoms with Crippen LogP contribution in [0.2, 0.25) is 5.02 Å². The molecule has 2 aromatic rings. The summed E-state index contributed by atoms with van der Waals surface area (Å²) in [5, 5.41) is 10.0. The first-order valence-corrected chi connectivity index (χ1v) is 6.16. The third kappa shape index (κ3) is 3.03. The van der Waals surface area contributed by atoms with Crippen molar-refractivity contribution < 1.29 is 9.84 Å². The molecule has 1 N–H and O–H groups in total. The molecular weight excluding hydrogens is 248 g/mol. The number of hydrogen-bond acceptors (Lipinski definition) is 2. The van der Waals surface area contributed by atoms with Gasteiger partial charge in [-0.1, -0.05) is 29.8 Å². The molecule has 0 spiro atoms. The van der Waals surface area contributed by atoms with E-state index in [-0.39, 0.29) is 0 Å². The fourth-order valence-electron chi connectivity index (χ4n) is 1.63. The summed E-state index contributed by atoms with van der Waals surface area (Å²) in [6, 6.07) is 13.0. The molecule has 3 heteroatoms. The SMILES string of the molecule is Cc1ccc(Oc2ccc(C(C)O)cc2)c(Cl)c1. The lowest BCUT2D eigenvalue weighted by atomic mass is 10.1. The predicted octanol–water partition coefficient (Wildman–Crippen LogP) is 4.49. The molecule has 0 fully saturated rings. The van der Waals surface area contributed by atoms with E-state index in [0.717, 1.165) is 11.1 Å². The number of aliphatic hydroxyl groups excluding tert-OH is 1. The predicted molar refractivity (Wildman–Crippen MR) is 73.3 cm³/mol. The van der Waals surface area contributed by atoms with E-state index in [2.05, 4.69) is 0 Å². The van der Waals surface area contributed by atoms with Crippen molar-refractivity contribution in [1.29, 1.82) is 0 Å². The molecule has 94 valence electrons. The van der Waals surface area contributed by atoms with Gasteiger partial charge in [-0.25, -0.2) is 0 Å². The van der Waals surface area contributed by atoms with Gasteiger partial charge in [0.1, 0.15) is 11.5 Å². The summed E-state index contributed by atoms with van der Waals surface area (Å²) in [6.07, 6.45) is -0.470. The van der Waals surface area contributed by atoms with Gasteiger partial charge in [0.15, 0.2) is 0 Å². The van der Waals surface area contributed by atoms with Gasteiger partial charge in [0.05, 0.1) is 11.1 Å². The van der Waals surface area contributed by atoms with Gasteiger partial charge in [0.25, 0.3) is 0 Å². The van der Waals surface area contributed by atoms with Crippen LogP contribution in [-0.4, -0.2) is 5.11 Å². The molecule has 2 nitrogen and oxygen atoms in total. The molecule has 0 amide bonds. The van der Waals surface area contributed by atoms with Crippen LogP contribution in [0, 0.1) is 6.92 Å². The van der Waals surface area contributed by atoms with Crippen molar-refractivity contribution in [1.82, 2.24) is 0 Å². The molecule has 2 aromatic carbocycles. The van der Waals surface area contributed by atoms with E-state index in [9.17, 15) is 5.11 Å². The second-order valence-electron chi connectivity index (χ2n) is 4.28. The molecule has 0 bridgehead atoms. The normalized spacial score (nSPS) is 12.2. The highest BCUT2D eigenvalue weighted by molar-refractivity contribution is 6.32. The Labute approximate surface area is 112 Å². The van der Waals surface area contributed by atoms with Gasteiger partial charge in [-0.15, -0.1) is 0 Å². The van der Waals surface area contributed by atoms with Crippen molar-refractivity contribution in [2.75, 3.05) is 0 Å². The van der Waals surface area contributed by atoms with Crippen molar-refractivity contribution >= 4 is 11.6 Å². The molecule has 0 saturated heterocycles. The van der Waals surface area contributed by atoms with E-state index in [4.69, 9.17) is 16.3 Å². The lowest BCUT2D eigenvalue weighted by molar-refractivity contribution is 0.199. The number of aryl methyl sites for hydroxylation is 1. The zero-order valence-electron chi connectivity index (χ0n) is 10.4. The Kier molecular flexibility index (Phi) is 3.90. The van der Waals surface area contributed by atoms with Gasteiger partial charge >= 0.3 is 0 Å². The first kappa shape index (κ1) is 12.9. The Morgan fingerprint density at radius 3 is 2.33 bits per heavy atom. The maximum Gasteiger partial charge on any atom is 0.146 e. The molecule has 0 aromatic heterocycles. The van der Waals surface area contributed by atoms with Crippen LogP contribution in [0.15, 0.2) is 42.5 Å². The van der Waals surface area contributed by atoms with E-state index in [1.165, 1.54) is 0 Å². The number of halogens is 1. The second-order valence-corrected chi connectivity index (χ2v) is 4.69. The molecule has 18 heavy (non-hydrogen) atoms. The maximum atomic E-state index is 9.42. The highest BCUT2D eigenvalue weighted by Gasteiger charge is 2.04. The summed E-state index contributed by atoms with van der Waals surface area (Å²) in [5.74, 6) is 1.33. The quantitative estimate of drug-likeness (QED) is 0.883. The van der Waals surface area contributed by atoms with Gasteiger partial charge < -0.3 is 9.84 Å². The largest absolute Gasteiger partial charge is 0.456 e. The van der Waals surface area contributed by atoms with E-state index in [1.54, 1.807) is 6.92 Å². The Bertz CT molecular complexity index is 533. The summed E-state index contributed by atoms with van der Waals surface area (Å²) < 4.78 is 5.69. The van der Waals surface area contributed by atoms with Crippen LogP contribution in [0.5, 0.6) is 11.5 Å². The molecule has 1 atom stereocenters. The Morgan fingerprint density at radius 1 is 1.11 bits per heavy atom. The highest BCUT2D eigenvalue weighted by atomic mass is 35.5. The molecule has 0 saturated carbocycles. The standard InChI is InChI=1S/C15H15ClO2/c1-10-3-8-15(14(16)9-10)18-13-6-4-12(5-7-13)11(2)17/h3-9,11,17H,1-2H3. The van der Waals surface area contributed by atoms with Crippen molar-refractivity contribution in [2.45, 2.75) is 20.0 Å². The van der Waals surface area contributed by atoms with Gasteiger partial charge in [-0.2, -0.15) is 0 Å². The number of ether oxygens (including phenoxy) is 1. The molecule has 1 unspecified atom stereocenters. The molecule has 0 heterocycles. The first-order valence-electron chi connectivity index (χ1n) is 5.78. The Morgan fingerprint density at radius 2 is 1.78 bits per heavy atom. The first-order chi connectivity index (χ1) is 8.56. The molecule has 0 aliphatic heterocycles. The second kappa shape index (κ2) is 5.42. The van der Waals surface area contributed by atoms with E-state index < -0.39 is 6.10 Å². The van der Waals surface area contributed by atoms with Crippen LogP contribution in [0.4, 0.5) is 0 Å². The number of hydrogen-bond donors (Lipinski definition) is 1. The number of benzene rings is 2. The fourth-order valence-corrected chi connectivity index (χ4v) is 1.90. The maximum absolute atomic E-state index is 9.42. The van der Waals surface area contributed by atoms with Gasteiger partial charge in [0, 0.05) is 0 Å². The average molecular weight is 263 g/mol. The molecule has 0 aliphatic rings. The lowest BCUT2D eigenvalue weighted by Crippen LogP contribution is -1.91. The smallest absolute Gasteiger partial charge is 0.146 e. The van der Waals surface area contributed by atoms with Crippen LogP contribution in [0.1, 0.15) is 24.2 Å². The van der Waals surface area contributed by atoms with Crippen molar-refractivity contribution in [2.24, 2.45) is 0 Å². The van der Waals surface area contributed by atoms with Crippen LogP contribution in [0.25, 0.3) is 0 Å². The lowest BCUT2D eigenvalue weighted by Gasteiger charge is -2.09. The van der Waals surface area contributed by atoms with E-state index in [1.807, 2.05) is 49.4 Å². The number of aliphatic hydroxyl groups is 1. The van der Waals surface area contributed by atoms with Gasteiger partial charge in [-0.3, -0.25) is 0 Å². The third-order valence-corrected chi connectivity index (χ3v) is 2.97. The third-order valence-electron chi connectivity index (χ3n) is 2.68. The molecule has 2 rings (SSSR count). The summed E-state index contributed by atoms with van der Waals surface area (Å²) in [6.45, 7) is 3.71. The minimum atomic E-state index is -0.470. The number of rotatable bonds is 3. The van der Waals surface area contributed by atoms with Crippen LogP contribution in [-0.2, 0) is 0 Å². The minimum Gasteiger partial charge on any atom is -0.456 e. The molecule has 0 radical (unpaired) electrons. The minimum absolute atomic E-state index is 0.470. The van der Waals surface area contributed by atoms with Crippen LogP contribution in [0.3, 0.4) is 0 Å². The van der Waals surface area contributed by atoms with Gasteiger partial charge in [-0.05, 0) is 49.2 Å².